The van der Waals surface area contributed by atoms with E-state index in [1.54, 1.807) is 17.8 Å². The number of aromatic nitrogens is 1. The number of fused-ring (bicyclic) bond motifs is 1. The van der Waals surface area contributed by atoms with E-state index in [9.17, 15) is 4.79 Å². The van der Waals surface area contributed by atoms with Gasteiger partial charge in [-0.25, -0.2) is 0 Å². The van der Waals surface area contributed by atoms with Crippen LogP contribution in [0.15, 0.2) is 52.1 Å². The number of benzene rings is 1. The average Bonchev–Trinajstić information content (AvgIpc) is 2.81. The Morgan fingerprint density at radius 2 is 2.06 bits per heavy atom. The average molecular weight is 434 g/mol. The molecular weight excluding hydrogens is 406 g/mol. The van der Waals surface area contributed by atoms with Crippen LogP contribution < -0.4 is 0 Å². The molecule has 0 fully saturated rings. The van der Waals surface area contributed by atoms with Gasteiger partial charge in [-0.15, -0.1) is 16.9 Å². The van der Waals surface area contributed by atoms with Crippen LogP contribution in [0.4, 0.5) is 5.69 Å². The fourth-order valence-electron chi connectivity index (χ4n) is 3.55. The number of thioether (sulfide) groups is 1. The number of nitrogens with zero attached hydrogens (tertiary/aromatic N) is 5. The van der Waals surface area contributed by atoms with Gasteiger partial charge in [-0.2, -0.15) is 5.10 Å². The molecule has 0 saturated heterocycles. The van der Waals surface area contributed by atoms with Crippen LogP contribution in [0.25, 0.3) is 6.08 Å². The van der Waals surface area contributed by atoms with Gasteiger partial charge >= 0.3 is 0 Å². The van der Waals surface area contributed by atoms with Crippen molar-refractivity contribution in [1.82, 2.24) is 9.88 Å². The van der Waals surface area contributed by atoms with Gasteiger partial charge in [0.2, 0.25) is 0 Å². The van der Waals surface area contributed by atoms with Gasteiger partial charge in [0.1, 0.15) is 0 Å². The van der Waals surface area contributed by atoms with Crippen molar-refractivity contribution in [1.29, 1.82) is 0 Å². The molecule has 0 saturated carbocycles. The van der Waals surface area contributed by atoms with Crippen LogP contribution in [0.2, 0.25) is 0 Å². The molecule has 1 aromatic carbocycles. The van der Waals surface area contributed by atoms with Crippen LogP contribution in [0, 0.1) is 0 Å². The molecule has 0 radical (unpaired) electrons. The van der Waals surface area contributed by atoms with Crippen molar-refractivity contribution in [2.75, 3.05) is 19.3 Å². The monoisotopic (exact) mass is 433 g/mol. The summed E-state index contributed by atoms with van der Waals surface area (Å²) in [7, 11) is 0. The summed E-state index contributed by atoms with van der Waals surface area (Å²) in [5, 5.41) is 9.49. The molecule has 1 aliphatic rings. The van der Waals surface area contributed by atoms with E-state index in [4.69, 9.17) is 0 Å². The highest BCUT2D eigenvalue weighted by Gasteiger charge is 2.26. The Morgan fingerprint density at radius 1 is 1.26 bits per heavy atom. The third kappa shape index (κ3) is 5.17. The fraction of sp³-hybridized carbons (Fsp3) is 0.292. The number of pyridine rings is 1. The Hall–Kier alpha value is -3.06. The van der Waals surface area contributed by atoms with E-state index in [1.165, 1.54) is 0 Å². The van der Waals surface area contributed by atoms with E-state index in [1.807, 2.05) is 55.3 Å². The second-order valence-electron chi connectivity index (χ2n) is 7.20. The lowest BCUT2D eigenvalue weighted by molar-refractivity contribution is 0.0741. The van der Waals surface area contributed by atoms with E-state index in [2.05, 4.69) is 33.5 Å². The second kappa shape index (κ2) is 10.3. The maximum absolute atomic E-state index is 13.1. The molecule has 31 heavy (non-hydrogen) atoms. The van der Waals surface area contributed by atoms with Crippen LogP contribution in [0.3, 0.4) is 0 Å². The van der Waals surface area contributed by atoms with Crippen molar-refractivity contribution in [3.05, 3.63) is 65.0 Å². The zero-order valence-corrected chi connectivity index (χ0v) is 19.1. The summed E-state index contributed by atoms with van der Waals surface area (Å²) in [5.41, 5.74) is 5.94. The summed E-state index contributed by atoms with van der Waals surface area (Å²) >= 11 is 1.56. The first-order chi connectivity index (χ1) is 15.0. The Morgan fingerprint density at radius 3 is 2.77 bits per heavy atom. The summed E-state index contributed by atoms with van der Waals surface area (Å²) in [5.74, 6) is 0.0491. The minimum Gasteiger partial charge on any atom is -0.338 e. The number of amides is 1. The van der Waals surface area contributed by atoms with Crippen molar-refractivity contribution in [3.63, 3.8) is 0 Å². The Balaban J connectivity index is 1.77. The largest absolute Gasteiger partial charge is 0.338 e. The summed E-state index contributed by atoms with van der Waals surface area (Å²) < 4.78 is 0. The molecule has 1 amide bonds. The standard InChI is InChI=1S/C24H27N5OS/c1-6-22-23(25-4)11-10-18(26-22)12-14-29-15-13-20-19(8-7-9-21(20)24(29)30)16(2)27-28-17(3)31-5/h6-11H,1,4,12-15H2,2-3,5H3/b27-16+,28-17-. The molecule has 7 heteroatoms. The van der Waals surface area contributed by atoms with Gasteiger partial charge in [-0.3, -0.25) is 14.8 Å². The second-order valence-corrected chi connectivity index (χ2v) is 8.20. The lowest BCUT2D eigenvalue weighted by Gasteiger charge is -2.29. The molecule has 0 aliphatic carbocycles. The van der Waals surface area contributed by atoms with Gasteiger partial charge < -0.3 is 4.90 Å². The third-order valence-corrected chi connectivity index (χ3v) is 5.99. The molecule has 0 N–H and O–H groups in total. The molecule has 1 aliphatic heterocycles. The number of hydrogen-bond acceptors (Lipinski definition) is 6. The minimum atomic E-state index is 0.0491. The van der Waals surface area contributed by atoms with Crippen molar-refractivity contribution < 1.29 is 4.79 Å². The number of aliphatic imine (C=N–C) groups is 1. The lowest BCUT2D eigenvalue weighted by atomic mass is 9.92. The topological polar surface area (TPSA) is 70.3 Å². The van der Waals surface area contributed by atoms with E-state index in [0.29, 0.717) is 30.9 Å². The van der Waals surface area contributed by atoms with E-state index >= 15 is 0 Å². The molecule has 2 heterocycles. The minimum absolute atomic E-state index is 0.0491. The van der Waals surface area contributed by atoms with Crippen LogP contribution in [-0.2, 0) is 12.8 Å². The van der Waals surface area contributed by atoms with E-state index in [0.717, 1.165) is 39.6 Å². The summed E-state index contributed by atoms with van der Waals surface area (Å²) in [6, 6.07) is 9.64. The van der Waals surface area contributed by atoms with Crippen LogP contribution in [0.5, 0.6) is 0 Å². The smallest absolute Gasteiger partial charge is 0.254 e. The summed E-state index contributed by atoms with van der Waals surface area (Å²) in [6.07, 6.45) is 5.11. The first-order valence-electron chi connectivity index (χ1n) is 10.1. The van der Waals surface area contributed by atoms with Gasteiger partial charge in [0.05, 0.1) is 22.1 Å². The number of rotatable bonds is 7. The van der Waals surface area contributed by atoms with Gasteiger partial charge in [-0.05, 0) is 63.1 Å². The molecule has 2 aromatic rings. The van der Waals surface area contributed by atoms with E-state index < -0.39 is 0 Å². The van der Waals surface area contributed by atoms with E-state index in [-0.39, 0.29) is 5.91 Å². The van der Waals surface area contributed by atoms with Gasteiger partial charge in [-0.1, -0.05) is 18.7 Å². The van der Waals surface area contributed by atoms with Crippen molar-refractivity contribution >= 4 is 46.9 Å². The quantitative estimate of drug-likeness (QED) is 0.358. The first-order valence-corrected chi connectivity index (χ1v) is 11.3. The fourth-order valence-corrected chi connectivity index (χ4v) is 3.67. The number of carbonyl (C=O) groups is 1. The molecule has 0 spiro atoms. The Bertz CT molecular complexity index is 1070. The third-order valence-electron chi connectivity index (χ3n) is 5.31. The zero-order chi connectivity index (χ0) is 22.4. The van der Waals surface area contributed by atoms with Crippen molar-refractivity contribution in [2.24, 2.45) is 15.2 Å². The molecule has 3 rings (SSSR count). The Kier molecular flexibility index (Phi) is 7.52. The predicted octanol–water partition coefficient (Wildman–Crippen LogP) is 4.80. The molecule has 0 unspecified atom stereocenters. The van der Waals surface area contributed by atoms with Crippen molar-refractivity contribution in [2.45, 2.75) is 26.7 Å². The predicted molar refractivity (Wildman–Crippen MR) is 132 cm³/mol. The molecule has 160 valence electrons. The van der Waals surface area contributed by atoms with Crippen molar-refractivity contribution in [3.8, 4) is 0 Å². The number of hydrogen-bond donors (Lipinski definition) is 0. The molecule has 0 bridgehead atoms. The first kappa shape index (κ1) is 22.6. The van der Waals surface area contributed by atoms with Crippen LogP contribution in [-0.4, -0.2) is 52.6 Å². The Labute approximate surface area is 187 Å². The number of carbonyl (C=O) groups excluding carboxylic acids is 1. The maximum atomic E-state index is 13.1. The highest BCUT2D eigenvalue weighted by molar-refractivity contribution is 8.13. The molecule has 1 aromatic heterocycles. The van der Waals surface area contributed by atoms with Crippen LogP contribution >= 0.6 is 11.8 Å². The zero-order valence-electron chi connectivity index (χ0n) is 18.3. The highest BCUT2D eigenvalue weighted by atomic mass is 32.2. The van der Waals surface area contributed by atoms with Gasteiger partial charge in [0, 0.05) is 36.3 Å². The lowest BCUT2D eigenvalue weighted by Crippen LogP contribution is -2.39. The van der Waals surface area contributed by atoms with Gasteiger partial charge in [0.25, 0.3) is 5.91 Å². The van der Waals surface area contributed by atoms with Crippen LogP contribution in [0.1, 0.15) is 46.7 Å². The molecule has 6 nitrogen and oxygen atoms in total. The van der Waals surface area contributed by atoms with Gasteiger partial charge in [0.15, 0.2) is 0 Å². The molecular formula is C24H27N5OS. The highest BCUT2D eigenvalue weighted by Crippen LogP contribution is 2.24. The normalized spacial score (nSPS) is 14.4. The molecule has 0 atom stereocenters. The SMILES string of the molecule is C=Cc1nc(CCN2CCc3c(cccc3/C(C)=N/N=C(/C)SC)C2=O)ccc1N=C. The maximum Gasteiger partial charge on any atom is 0.254 e. The summed E-state index contributed by atoms with van der Waals surface area (Å²) in [6.45, 7) is 12.5. The summed E-state index contributed by atoms with van der Waals surface area (Å²) in [4.78, 5) is 23.6.